The lowest BCUT2D eigenvalue weighted by molar-refractivity contribution is -0.153. The van der Waals surface area contributed by atoms with Crippen LogP contribution in [0.3, 0.4) is 0 Å². The Bertz CT molecular complexity index is 803. The van der Waals surface area contributed by atoms with Crippen molar-refractivity contribution in [3.63, 3.8) is 0 Å². The third-order valence-corrected chi connectivity index (χ3v) is 4.26. The number of amides is 2. The summed E-state index contributed by atoms with van der Waals surface area (Å²) in [6.45, 7) is 4.96. The van der Waals surface area contributed by atoms with Crippen LogP contribution in [0, 0.1) is 0 Å². The predicted octanol–water partition coefficient (Wildman–Crippen LogP) is 3.39. The first-order valence-electron chi connectivity index (χ1n) is 9.30. The van der Waals surface area contributed by atoms with Gasteiger partial charge in [0, 0.05) is 12.6 Å². The van der Waals surface area contributed by atoms with Gasteiger partial charge in [0.2, 0.25) is 5.91 Å². The fraction of sp³-hybridized carbons (Fsp3) is 0.318. The van der Waals surface area contributed by atoms with Crippen LogP contribution in [0.1, 0.15) is 44.4 Å². The lowest BCUT2D eigenvalue weighted by atomic mass is 10.0. The monoisotopic (exact) mass is 382 g/mol. The molecule has 0 saturated carbocycles. The van der Waals surface area contributed by atoms with Gasteiger partial charge in [-0.25, -0.2) is 0 Å². The summed E-state index contributed by atoms with van der Waals surface area (Å²) in [5, 5.41) is 5.47. The lowest BCUT2D eigenvalue weighted by Gasteiger charge is -2.19. The fourth-order valence-electron chi connectivity index (χ4n) is 2.72. The van der Waals surface area contributed by atoms with Crippen LogP contribution in [-0.4, -0.2) is 23.9 Å². The van der Waals surface area contributed by atoms with Gasteiger partial charge in [0.1, 0.15) is 0 Å². The Hall–Kier alpha value is -3.15. The van der Waals surface area contributed by atoms with Crippen LogP contribution in [0.25, 0.3) is 0 Å². The highest BCUT2D eigenvalue weighted by atomic mass is 16.5. The van der Waals surface area contributed by atoms with E-state index in [4.69, 9.17) is 4.74 Å². The summed E-state index contributed by atoms with van der Waals surface area (Å²) < 4.78 is 5.26. The highest BCUT2D eigenvalue weighted by molar-refractivity contribution is 5.95. The topological polar surface area (TPSA) is 84.5 Å². The Kier molecular flexibility index (Phi) is 7.75. The molecule has 0 spiro atoms. The van der Waals surface area contributed by atoms with Crippen LogP contribution in [0.2, 0.25) is 0 Å². The first-order valence-corrected chi connectivity index (χ1v) is 9.30. The van der Waals surface area contributed by atoms with E-state index in [1.54, 1.807) is 0 Å². The Morgan fingerprint density at radius 3 is 2.21 bits per heavy atom. The second-order valence-electron chi connectivity index (χ2n) is 6.54. The highest BCUT2D eigenvalue weighted by Gasteiger charge is 2.22. The van der Waals surface area contributed by atoms with Gasteiger partial charge in [0.25, 0.3) is 5.91 Å². The number of benzene rings is 2. The van der Waals surface area contributed by atoms with Crippen molar-refractivity contribution in [3.05, 3.63) is 65.7 Å². The van der Waals surface area contributed by atoms with Crippen LogP contribution >= 0.6 is 0 Å². The van der Waals surface area contributed by atoms with E-state index in [0.29, 0.717) is 5.69 Å². The quantitative estimate of drug-likeness (QED) is 0.686. The Labute approximate surface area is 165 Å². The van der Waals surface area contributed by atoms with Crippen LogP contribution in [0.5, 0.6) is 0 Å². The van der Waals surface area contributed by atoms with Crippen molar-refractivity contribution in [1.82, 2.24) is 5.32 Å². The minimum absolute atomic E-state index is 0.0631. The van der Waals surface area contributed by atoms with Crippen molar-refractivity contribution >= 4 is 23.5 Å². The molecule has 28 heavy (non-hydrogen) atoms. The normalized spacial score (nSPS) is 12.5. The number of aryl methyl sites for hydroxylation is 1. The van der Waals surface area contributed by atoms with Crippen molar-refractivity contribution in [2.24, 2.45) is 0 Å². The summed E-state index contributed by atoms with van der Waals surface area (Å²) in [6, 6.07) is 16.1. The Morgan fingerprint density at radius 2 is 1.64 bits per heavy atom. The summed E-state index contributed by atoms with van der Waals surface area (Å²) >= 11 is 0. The van der Waals surface area contributed by atoms with Crippen molar-refractivity contribution in [2.45, 2.75) is 45.8 Å². The number of nitrogens with one attached hydrogen (secondary N) is 2. The second-order valence-corrected chi connectivity index (χ2v) is 6.54. The first-order chi connectivity index (χ1) is 13.4. The molecule has 2 N–H and O–H groups in total. The first kappa shape index (κ1) is 21.2. The van der Waals surface area contributed by atoms with Crippen LogP contribution in [0.4, 0.5) is 5.69 Å². The highest BCUT2D eigenvalue weighted by Crippen LogP contribution is 2.18. The van der Waals surface area contributed by atoms with E-state index < -0.39 is 24.0 Å². The van der Waals surface area contributed by atoms with Gasteiger partial charge in [-0.1, -0.05) is 49.4 Å². The largest absolute Gasteiger partial charge is 0.452 e. The molecule has 0 aromatic heterocycles. The van der Waals surface area contributed by atoms with E-state index in [2.05, 4.69) is 17.6 Å². The number of carbonyl (C=O) groups excluding carboxylic acids is 3. The third-order valence-electron chi connectivity index (χ3n) is 4.26. The zero-order valence-corrected chi connectivity index (χ0v) is 16.4. The van der Waals surface area contributed by atoms with Crippen LogP contribution in [-0.2, 0) is 25.5 Å². The van der Waals surface area contributed by atoms with E-state index in [1.807, 2.05) is 54.6 Å². The molecule has 0 aliphatic carbocycles. The molecule has 0 saturated heterocycles. The van der Waals surface area contributed by atoms with Gasteiger partial charge in [0.15, 0.2) is 6.10 Å². The molecule has 2 aromatic rings. The summed E-state index contributed by atoms with van der Waals surface area (Å²) in [7, 11) is 0. The van der Waals surface area contributed by atoms with E-state index in [1.165, 1.54) is 19.4 Å². The minimum atomic E-state index is -0.952. The van der Waals surface area contributed by atoms with Crippen LogP contribution < -0.4 is 10.6 Å². The molecule has 0 unspecified atom stereocenters. The van der Waals surface area contributed by atoms with Gasteiger partial charge in [-0.3, -0.25) is 14.4 Å². The summed E-state index contributed by atoms with van der Waals surface area (Å²) in [6.07, 6.45) is -0.0990. The van der Waals surface area contributed by atoms with Crippen molar-refractivity contribution in [3.8, 4) is 0 Å². The second kappa shape index (κ2) is 10.3. The Balaban J connectivity index is 1.93. The molecule has 6 nitrogen and oxygen atoms in total. The molecule has 6 heteroatoms. The molecule has 0 aliphatic rings. The maximum absolute atomic E-state index is 12.3. The van der Waals surface area contributed by atoms with Crippen LogP contribution in [0.15, 0.2) is 54.6 Å². The molecule has 2 atom stereocenters. The number of hydrogen-bond donors (Lipinski definition) is 2. The number of anilines is 1. The molecular formula is C22H26N2O4. The van der Waals surface area contributed by atoms with Gasteiger partial charge in [-0.2, -0.15) is 0 Å². The summed E-state index contributed by atoms with van der Waals surface area (Å²) in [5.41, 5.74) is 2.61. The fourth-order valence-corrected chi connectivity index (χ4v) is 2.72. The smallest absolute Gasteiger partial charge is 0.309 e. The predicted molar refractivity (Wildman–Crippen MR) is 108 cm³/mol. The molecule has 2 rings (SSSR count). The molecule has 0 radical (unpaired) electrons. The standard InChI is InChI=1S/C22H26N2O4/c1-4-17-10-12-19(13-11-17)24-22(27)15(2)28-21(26)14-20(23-16(3)25)18-8-6-5-7-9-18/h5-13,15,20H,4,14H2,1-3H3,(H,23,25)(H,24,27)/t15-,20-/m0/s1. The number of hydrogen-bond acceptors (Lipinski definition) is 4. The number of rotatable bonds is 8. The maximum atomic E-state index is 12.3. The summed E-state index contributed by atoms with van der Waals surface area (Å²) in [5.74, 6) is -1.22. The van der Waals surface area contributed by atoms with Gasteiger partial charge in [0.05, 0.1) is 12.5 Å². The molecule has 0 aliphatic heterocycles. The lowest BCUT2D eigenvalue weighted by Crippen LogP contribution is -2.33. The van der Waals surface area contributed by atoms with Gasteiger partial charge < -0.3 is 15.4 Å². The number of ether oxygens (including phenoxy) is 1. The van der Waals surface area contributed by atoms with Gasteiger partial charge in [-0.05, 0) is 36.6 Å². The van der Waals surface area contributed by atoms with E-state index in [9.17, 15) is 14.4 Å². The third kappa shape index (κ3) is 6.54. The number of carbonyl (C=O) groups is 3. The van der Waals surface area contributed by atoms with Crippen molar-refractivity contribution < 1.29 is 19.1 Å². The molecule has 148 valence electrons. The summed E-state index contributed by atoms with van der Waals surface area (Å²) in [4.78, 5) is 36.0. The molecular weight excluding hydrogens is 356 g/mol. The minimum Gasteiger partial charge on any atom is -0.452 e. The molecule has 2 aromatic carbocycles. The van der Waals surface area contributed by atoms with E-state index in [0.717, 1.165) is 12.0 Å². The number of esters is 1. The zero-order valence-electron chi connectivity index (χ0n) is 16.4. The average molecular weight is 382 g/mol. The van der Waals surface area contributed by atoms with E-state index >= 15 is 0 Å². The molecule has 0 bridgehead atoms. The Morgan fingerprint density at radius 1 is 1.00 bits per heavy atom. The van der Waals surface area contributed by atoms with E-state index in [-0.39, 0.29) is 12.3 Å². The van der Waals surface area contributed by atoms with Gasteiger partial charge >= 0.3 is 5.97 Å². The maximum Gasteiger partial charge on any atom is 0.309 e. The van der Waals surface area contributed by atoms with Crippen molar-refractivity contribution in [1.29, 1.82) is 0 Å². The molecule has 0 fully saturated rings. The van der Waals surface area contributed by atoms with Gasteiger partial charge in [-0.15, -0.1) is 0 Å². The molecule has 2 amide bonds. The molecule has 0 heterocycles. The average Bonchev–Trinajstić information content (AvgIpc) is 2.68. The SMILES string of the molecule is CCc1ccc(NC(=O)[C@H](C)OC(=O)C[C@H](NC(C)=O)c2ccccc2)cc1. The van der Waals surface area contributed by atoms with Crippen molar-refractivity contribution in [2.75, 3.05) is 5.32 Å². The zero-order chi connectivity index (χ0) is 20.5.